The van der Waals surface area contributed by atoms with Crippen molar-refractivity contribution in [2.24, 2.45) is 0 Å². The first-order chi connectivity index (χ1) is 10.2. The summed E-state index contributed by atoms with van der Waals surface area (Å²) in [5.41, 5.74) is 1.18. The summed E-state index contributed by atoms with van der Waals surface area (Å²) in [4.78, 5) is 15.9. The fraction of sp³-hybridized carbons (Fsp3) is 0.400. The maximum Gasteiger partial charge on any atom is 0.315 e. The van der Waals surface area contributed by atoms with Crippen LogP contribution >= 0.6 is 0 Å². The van der Waals surface area contributed by atoms with Crippen molar-refractivity contribution in [1.29, 1.82) is 0 Å². The molecule has 1 fully saturated rings. The van der Waals surface area contributed by atoms with E-state index in [1.54, 1.807) is 0 Å². The summed E-state index contributed by atoms with van der Waals surface area (Å²) in [7, 11) is 0. The molecule has 3 rings (SSSR count). The molecule has 21 heavy (non-hydrogen) atoms. The summed E-state index contributed by atoms with van der Waals surface area (Å²) >= 11 is 0. The number of rotatable bonds is 6. The van der Waals surface area contributed by atoms with Crippen molar-refractivity contribution in [2.75, 3.05) is 13.2 Å². The molecule has 6 heteroatoms. The average molecular weight is 287 g/mol. The SMILES string of the molecule is Cc1ccc(OCCNC(=O)c2nc(C3CC3)no2)cc1. The van der Waals surface area contributed by atoms with Crippen LogP contribution in [0.4, 0.5) is 0 Å². The lowest BCUT2D eigenvalue weighted by atomic mass is 10.2. The fourth-order valence-corrected chi connectivity index (χ4v) is 1.88. The lowest BCUT2D eigenvalue weighted by Gasteiger charge is -2.06. The zero-order valence-electron chi connectivity index (χ0n) is 11.8. The molecule has 1 aliphatic carbocycles. The molecule has 1 aromatic carbocycles. The zero-order chi connectivity index (χ0) is 14.7. The molecule has 1 saturated carbocycles. The molecule has 2 aromatic rings. The van der Waals surface area contributed by atoms with Crippen LogP contribution in [0.1, 0.15) is 40.8 Å². The number of amides is 1. The molecule has 1 aromatic heterocycles. The van der Waals surface area contributed by atoms with Crippen LogP contribution in [0.15, 0.2) is 28.8 Å². The normalized spacial score (nSPS) is 14.0. The van der Waals surface area contributed by atoms with Crippen molar-refractivity contribution in [3.8, 4) is 5.75 Å². The quantitative estimate of drug-likeness (QED) is 0.823. The van der Waals surface area contributed by atoms with Crippen LogP contribution in [0, 0.1) is 6.92 Å². The molecule has 0 radical (unpaired) electrons. The lowest BCUT2D eigenvalue weighted by molar-refractivity contribution is 0.0903. The van der Waals surface area contributed by atoms with Crippen molar-refractivity contribution >= 4 is 5.91 Å². The second-order valence-electron chi connectivity index (χ2n) is 5.15. The molecule has 1 N–H and O–H groups in total. The van der Waals surface area contributed by atoms with Gasteiger partial charge in [0.1, 0.15) is 12.4 Å². The Hall–Kier alpha value is -2.37. The standard InChI is InChI=1S/C15H17N3O3/c1-10-2-6-12(7-3-10)20-9-8-16-14(19)15-17-13(18-21-15)11-4-5-11/h2-3,6-7,11H,4-5,8-9H2,1H3,(H,16,19). The molecule has 1 aliphatic rings. The van der Waals surface area contributed by atoms with Crippen LogP contribution in [-0.4, -0.2) is 29.2 Å². The Morgan fingerprint density at radius 1 is 1.38 bits per heavy atom. The average Bonchev–Trinajstić information content (AvgIpc) is 3.22. The molecular formula is C15H17N3O3. The third-order valence-corrected chi connectivity index (χ3v) is 3.26. The molecule has 0 bridgehead atoms. The van der Waals surface area contributed by atoms with Crippen molar-refractivity contribution in [1.82, 2.24) is 15.5 Å². The van der Waals surface area contributed by atoms with Crippen LogP contribution < -0.4 is 10.1 Å². The molecule has 0 saturated heterocycles. The Bertz CT molecular complexity index is 617. The molecule has 0 aliphatic heterocycles. The highest BCUT2D eigenvalue weighted by Crippen LogP contribution is 2.37. The van der Waals surface area contributed by atoms with Crippen molar-refractivity contribution in [2.45, 2.75) is 25.7 Å². The van der Waals surface area contributed by atoms with Crippen molar-refractivity contribution in [3.05, 3.63) is 41.5 Å². The lowest BCUT2D eigenvalue weighted by Crippen LogP contribution is -2.28. The van der Waals surface area contributed by atoms with Gasteiger partial charge in [0.05, 0.1) is 6.54 Å². The van der Waals surface area contributed by atoms with Gasteiger partial charge in [0.2, 0.25) is 0 Å². The van der Waals surface area contributed by atoms with Crippen LogP contribution in [0.25, 0.3) is 0 Å². The number of nitrogens with one attached hydrogen (secondary N) is 1. The number of hydrogen-bond acceptors (Lipinski definition) is 5. The maximum absolute atomic E-state index is 11.8. The van der Waals surface area contributed by atoms with Crippen LogP contribution in [0.2, 0.25) is 0 Å². The Morgan fingerprint density at radius 3 is 2.86 bits per heavy atom. The molecular weight excluding hydrogens is 270 g/mol. The number of aryl methyl sites for hydroxylation is 1. The summed E-state index contributed by atoms with van der Waals surface area (Å²) in [5.74, 6) is 1.45. The summed E-state index contributed by atoms with van der Waals surface area (Å²) in [6.45, 7) is 2.79. The van der Waals surface area contributed by atoms with Crippen LogP contribution in [0.5, 0.6) is 5.75 Å². The van der Waals surface area contributed by atoms with Crippen molar-refractivity contribution < 1.29 is 14.1 Å². The number of nitrogens with zero attached hydrogens (tertiary/aromatic N) is 2. The number of ether oxygens (including phenoxy) is 1. The number of aromatic nitrogens is 2. The maximum atomic E-state index is 11.8. The predicted molar refractivity (Wildman–Crippen MR) is 75.3 cm³/mol. The van der Waals surface area contributed by atoms with Crippen molar-refractivity contribution in [3.63, 3.8) is 0 Å². The first kappa shape index (κ1) is 13.6. The van der Waals surface area contributed by atoms with E-state index in [0.29, 0.717) is 24.9 Å². The second kappa shape index (κ2) is 5.95. The third kappa shape index (κ3) is 3.59. The van der Waals surface area contributed by atoms with E-state index in [4.69, 9.17) is 9.26 Å². The summed E-state index contributed by atoms with van der Waals surface area (Å²) in [5, 5.41) is 6.50. The number of hydrogen-bond donors (Lipinski definition) is 1. The Kier molecular flexibility index (Phi) is 3.85. The number of carbonyl (C=O) groups excluding carboxylic acids is 1. The number of benzene rings is 1. The molecule has 110 valence electrons. The first-order valence-corrected chi connectivity index (χ1v) is 7.03. The Morgan fingerprint density at radius 2 is 2.14 bits per heavy atom. The monoisotopic (exact) mass is 287 g/mol. The van der Waals surface area contributed by atoms with E-state index in [-0.39, 0.29) is 11.8 Å². The van der Waals surface area contributed by atoms with Gasteiger partial charge in [0.25, 0.3) is 0 Å². The molecule has 0 spiro atoms. The van der Waals surface area contributed by atoms with Gasteiger partial charge in [-0.15, -0.1) is 0 Å². The highest BCUT2D eigenvalue weighted by Gasteiger charge is 2.29. The summed E-state index contributed by atoms with van der Waals surface area (Å²) in [6.07, 6.45) is 2.15. The summed E-state index contributed by atoms with van der Waals surface area (Å²) in [6, 6.07) is 7.76. The van der Waals surface area contributed by atoms with E-state index >= 15 is 0 Å². The van der Waals surface area contributed by atoms with E-state index in [1.807, 2.05) is 31.2 Å². The molecule has 1 heterocycles. The van der Waals surface area contributed by atoms with E-state index in [0.717, 1.165) is 18.6 Å². The predicted octanol–water partition coefficient (Wildman–Crippen LogP) is 2.06. The second-order valence-corrected chi connectivity index (χ2v) is 5.15. The van der Waals surface area contributed by atoms with Crippen LogP contribution in [-0.2, 0) is 0 Å². The van der Waals surface area contributed by atoms with Gasteiger partial charge < -0.3 is 14.6 Å². The largest absolute Gasteiger partial charge is 0.492 e. The van der Waals surface area contributed by atoms with Gasteiger partial charge in [0, 0.05) is 5.92 Å². The van der Waals surface area contributed by atoms with E-state index in [1.165, 1.54) is 5.56 Å². The van der Waals surface area contributed by atoms with Gasteiger partial charge in [-0.2, -0.15) is 4.98 Å². The van der Waals surface area contributed by atoms with E-state index in [2.05, 4.69) is 15.5 Å². The van der Waals surface area contributed by atoms with Gasteiger partial charge in [0.15, 0.2) is 5.82 Å². The highest BCUT2D eigenvalue weighted by molar-refractivity contribution is 5.89. The minimum Gasteiger partial charge on any atom is -0.492 e. The highest BCUT2D eigenvalue weighted by atomic mass is 16.5. The Labute approximate surface area is 122 Å². The van der Waals surface area contributed by atoms with Gasteiger partial charge in [-0.05, 0) is 31.9 Å². The molecule has 0 unspecified atom stereocenters. The van der Waals surface area contributed by atoms with Gasteiger partial charge >= 0.3 is 11.8 Å². The summed E-state index contributed by atoms with van der Waals surface area (Å²) < 4.78 is 10.5. The van der Waals surface area contributed by atoms with Gasteiger partial charge in [-0.3, -0.25) is 4.79 Å². The molecule has 1 amide bonds. The topological polar surface area (TPSA) is 77.2 Å². The Balaban J connectivity index is 1.41. The first-order valence-electron chi connectivity index (χ1n) is 7.03. The molecule has 6 nitrogen and oxygen atoms in total. The third-order valence-electron chi connectivity index (χ3n) is 3.26. The minimum absolute atomic E-state index is 0.0206. The molecule has 0 atom stereocenters. The smallest absolute Gasteiger partial charge is 0.315 e. The van der Waals surface area contributed by atoms with Crippen LogP contribution in [0.3, 0.4) is 0 Å². The van der Waals surface area contributed by atoms with E-state index in [9.17, 15) is 4.79 Å². The van der Waals surface area contributed by atoms with E-state index < -0.39 is 0 Å². The van der Waals surface area contributed by atoms with Gasteiger partial charge in [-0.1, -0.05) is 22.9 Å². The minimum atomic E-state index is -0.359. The fourth-order valence-electron chi connectivity index (χ4n) is 1.88. The van der Waals surface area contributed by atoms with Gasteiger partial charge in [-0.25, -0.2) is 0 Å². The number of carbonyl (C=O) groups is 1. The zero-order valence-corrected chi connectivity index (χ0v) is 11.8.